The Bertz CT molecular complexity index is 915. The van der Waals surface area contributed by atoms with Gasteiger partial charge in [0.1, 0.15) is 0 Å². The molecule has 1 aromatic carbocycles. The number of ether oxygens (including phenoxy) is 1. The third kappa shape index (κ3) is 3.25. The third-order valence-corrected chi connectivity index (χ3v) is 3.98. The van der Waals surface area contributed by atoms with E-state index in [1.807, 2.05) is 45.0 Å². The smallest absolute Gasteiger partial charge is 0.339 e. The number of nitrogens with one attached hydrogen (secondary N) is 1. The van der Waals surface area contributed by atoms with Crippen LogP contribution in [-0.2, 0) is 17.8 Å². The second-order valence-electron chi connectivity index (χ2n) is 6.11. The minimum Gasteiger partial charge on any atom is -0.459 e. The Hall–Kier alpha value is -2.73. The maximum Gasteiger partial charge on any atom is 0.339 e. The molecule has 0 aliphatic carbocycles. The Morgan fingerprint density at radius 1 is 1.36 bits per heavy atom. The molecule has 0 unspecified atom stereocenters. The fraction of sp³-hybridized carbons (Fsp3) is 0.316. The van der Waals surface area contributed by atoms with Crippen LogP contribution in [0.1, 0.15) is 42.3 Å². The van der Waals surface area contributed by atoms with Gasteiger partial charge in [-0.2, -0.15) is 5.10 Å². The average molecular weight is 339 g/mol. The molecule has 3 aromatic rings. The highest BCUT2D eigenvalue weighted by atomic mass is 16.5. The maximum absolute atomic E-state index is 12.7. The Morgan fingerprint density at radius 2 is 2.16 bits per heavy atom. The zero-order valence-electron chi connectivity index (χ0n) is 14.5. The van der Waals surface area contributed by atoms with Crippen LogP contribution in [0.2, 0.25) is 0 Å². The van der Waals surface area contributed by atoms with E-state index in [1.54, 1.807) is 6.20 Å². The van der Waals surface area contributed by atoms with Crippen molar-refractivity contribution < 1.29 is 14.6 Å². The highest BCUT2D eigenvalue weighted by molar-refractivity contribution is 6.05. The van der Waals surface area contributed by atoms with Crippen LogP contribution < -0.4 is 0 Å². The minimum atomic E-state index is -0.375. The van der Waals surface area contributed by atoms with E-state index in [1.165, 1.54) is 0 Å². The first-order chi connectivity index (χ1) is 12.0. The first-order valence-corrected chi connectivity index (χ1v) is 8.32. The van der Waals surface area contributed by atoms with Crippen molar-refractivity contribution in [2.45, 2.75) is 39.9 Å². The number of hydrogen-bond donors (Lipinski definition) is 2. The van der Waals surface area contributed by atoms with Crippen molar-refractivity contribution in [1.29, 1.82) is 0 Å². The lowest BCUT2D eigenvalue weighted by Gasteiger charge is -2.15. The number of rotatable bonds is 5. The number of pyridine rings is 1. The second kappa shape index (κ2) is 7.03. The molecule has 0 saturated heterocycles. The van der Waals surface area contributed by atoms with Crippen molar-refractivity contribution in [2.75, 3.05) is 0 Å². The molecule has 0 atom stereocenters. The number of esters is 1. The van der Waals surface area contributed by atoms with E-state index in [2.05, 4.69) is 15.2 Å². The van der Waals surface area contributed by atoms with Crippen LogP contribution in [0.4, 0.5) is 0 Å². The van der Waals surface area contributed by atoms with Gasteiger partial charge in [-0.05, 0) is 37.5 Å². The number of hydrogen-bond acceptors (Lipinski definition) is 5. The van der Waals surface area contributed by atoms with Crippen LogP contribution in [0.15, 0.2) is 30.5 Å². The van der Waals surface area contributed by atoms with E-state index in [0.29, 0.717) is 28.7 Å². The van der Waals surface area contributed by atoms with Crippen LogP contribution >= 0.6 is 0 Å². The number of aliphatic hydroxyl groups is 1. The molecule has 2 aromatic heterocycles. The summed E-state index contributed by atoms with van der Waals surface area (Å²) in [5, 5.41) is 16.9. The fourth-order valence-corrected chi connectivity index (χ4v) is 2.91. The van der Waals surface area contributed by atoms with Crippen LogP contribution in [0.25, 0.3) is 22.3 Å². The lowest BCUT2D eigenvalue weighted by Crippen LogP contribution is -2.15. The van der Waals surface area contributed by atoms with E-state index in [4.69, 9.17) is 4.74 Å². The molecule has 25 heavy (non-hydrogen) atoms. The quantitative estimate of drug-likeness (QED) is 0.697. The van der Waals surface area contributed by atoms with Gasteiger partial charge in [-0.25, -0.2) is 9.78 Å². The van der Waals surface area contributed by atoms with Gasteiger partial charge in [-0.3, -0.25) is 5.10 Å². The van der Waals surface area contributed by atoms with Crippen molar-refractivity contribution >= 4 is 17.0 Å². The molecule has 0 saturated carbocycles. The molecule has 0 fully saturated rings. The topological polar surface area (TPSA) is 88.1 Å². The standard InChI is InChI=1S/C19H21N3O3/c1-4-14-16(19(24)25-11(2)3)15-9-20-22-18(15)21-17(14)13-7-5-6-12(8-13)10-23/h5-9,11,23H,4,10H2,1-3H3,(H,20,21,22). The van der Waals surface area contributed by atoms with Gasteiger partial charge in [0.15, 0.2) is 5.65 Å². The van der Waals surface area contributed by atoms with Crippen molar-refractivity contribution in [2.24, 2.45) is 0 Å². The molecule has 6 heteroatoms. The van der Waals surface area contributed by atoms with Gasteiger partial charge in [0, 0.05) is 5.56 Å². The number of nitrogens with zero attached hydrogens (tertiary/aromatic N) is 2. The van der Waals surface area contributed by atoms with E-state index >= 15 is 0 Å². The lowest BCUT2D eigenvalue weighted by atomic mass is 9.96. The summed E-state index contributed by atoms with van der Waals surface area (Å²) in [5.74, 6) is -0.375. The number of carbonyl (C=O) groups is 1. The highest BCUT2D eigenvalue weighted by Crippen LogP contribution is 2.31. The average Bonchev–Trinajstić information content (AvgIpc) is 3.07. The van der Waals surface area contributed by atoms with Gasteiger partial charge >= 0.3 is 5.97 Å². The largest absolute Gasteiger partial charge is 0.459 e. The summed E-state index contributed by atoms with van der Waals surface area (Å²) in [7, 11) is 0. The van der Waals surface area contributed by atoms with Gasteiger partial charge in [-0.1, -0.05) is 25.1 Å². The lowest BCUT2D eigenvalue weighted by molar-refractivity contribution is 0.0379. The molecule has 2 heterocycles. The van der Waals surface area contributed by atoms with Gasteiger partial charge in [0.2, 0.25) is 0 Å². The van der Waals surface area contributed by atoms with Gasteiger partial charge in [0.05, 0.1) is 35.6 Å². The van der Waals surface area contributed by atoms with Crippen molar-refractivity contribution in [1.82, 2.24) is 15.2 Å². The summed E-state index contributed by atoms with van der Waals surface area (Å²) >= 11 is 0. The summed E-state index contributed by atoms with van der Waals surface area (Å²) in [5.41, 5.74) is 4.19. The first-order valence-electron chi connectivity index (χ1n) is 8.32. The third-order valence-electron chi connectivity index (χ3n) is 3.98. The molecule has 130 valence electrons. The number of aromatic amines is 1. The minimum absolute atomic E-state index is 0.0517. The number of H-pyrrole nitrogens is 1. The molecule has 0 radical (unpaired) electrons. The maximum atomic E-state index is 12.7. The number of fused-ring (bicyclic) bond motifs is 1. The number of benzene rings is 1. The number of aliphatic hydroxyl groups excluding tert-OH is 1. The molecule has 0 aliphatic heterocycles. The van der Waals surface area contributed by atoms with Gasteiger partial charge < -0.3 is 9.84 Å². The van der Waals surface area contributed by atoms with Crippen molar-refractivity contribution in [3.63, 3.8) is 0 Å². The second-order valence-corrected chi connectivity index (χ2v) is 6.11. The molecule has 2 N–H and O–H groups in total. The molecule has 0 bridgehead atoms. The predicted octanol–water partition coefficient (Wildman–Crippen LogP) is 3.24. The Kier molecular flexibility index (Phi) is 4.81. The zero-order chi connectivity index (χ0) is 18.0. The summed E-state index contributed by atoms with van der Waals surface area (Å²) in [6.07, 6.45) is 2.01. The van der Waals surface area contributed by atoms with E-state index in [9.17, 15) is 9.90 Å². The van der Waals surface area contributed by atoms with Crippen LogP contribution in [0, 0.1) is 0 Å². The summed E-state index contributed by atoms with van der Waals surface area (Å²) in [6, 6.07) is 7.50. The summed E-state index contributed by atoms with van der Waals surface area (Å²) < 4.78 is 5.44. The molecule has 3 rings (SSSR count). The van der Waals surface area contributed by atoms with Crippen molar-refractivity contribution in [3.05, 3.63) is 47.2 Å². The SMILES string of the molecule is CCc1c(-c2cccc(CO)c2)nc2[nH]ncc2c1C(=O)OC(C)C. The summed E-state index contributed by atoms with van der Waals surface area (Å²) in [4.78, 5) is 17.4. The Morgan fingerprint density at radius 3 is 2.84 bits per heavy atom. The fourth-order valence-electron chi connectivity index (χ4n) is 2.91. The van der Waals surface area contributed by atoms with Crippen LogP contribution in [-0.4, -0.2) is 32.4 Å². The van der Waals surface area contributed by atoms with E-state index in [-0.39, 0.29) is 18.7 Å². The highest BCUT2D eigenvalue weighted by Gasteiger charge is 2.23. The molecular weight excluding hydrogens is 318 g/mol. The first kappa shape index (κ1) is 17.1. The van der Waals surface area contributed by atoms with E-state index in [0.717, 1.165) is 16.7 Å². The molecule has 0 spiro atoms. The van der Waals surface area contributed by atoms with Crippen LogP contribution in [0.3, 0.4) is 0 Å². The Balaban J connectivity index is 2.27. The molecule has 6 nitrogen and oxygen atoms in total. The number of carbonyl (C=O) groups excluding carboxylic acids is 1. The Labute approximate surface area is 145 Å². The monoisotopic (exact) mass is 339 g/mol. The van der Waals surface area contributed by atoms with E-state index < -0.39 is 0 Å². The molecule has 0 amide bonds. The van der Waals surface area contributed by atoms with Gasteiger partial charge in [-0.15, -0.1) is 0 Å². The molecule has 0 aliphatic rings. The number of aromatic nitrogens is 3. The predicted molar refractivity (Wildman–Crippen MR) is 95.2 cm³/mol. The normalized spacial score (nSPS) is 11.2. The molecular formula is C19H21N3O3. The van der Waals surface area contributed by atoms with Gasteiger partial charge in [0.25, 0.3) is 0 Å². The van der Waals surface area contributed by atoms with Crippen molar-refractivity contribution in [3.8, 4) is 11.3 Å². The summed E-state index contributed by atoms with van der Waals surface area (Å²) in [6.45, 7) is 5.57. The van der Waals surface area contributed by atoms with Crippen LogP contribution in [0.5, 0.6) is 0 Å². The zero-order valence-corrected chi connectivity index (χ0v) is 14.5.